The molecule has 0 amide bonds. The van der Waals surface area contributed by atoms with E-state index in [1.807, 2.05) is 64.9 Å². The average Bonchev–Trinajstić information content (AvgIpc) is 3.63. The zero-order chi connectivity index (χ0) is 24.4. The molecule has 4 aromatic rings. The number of Topliss-reactive ketones (excluding diaryl/α,β-unsaturated/α-hetero) is 3. The number of rotatable bonds is 3. The first kappa shape index (κ1) is 21.1. The van der Waals surface area contributed by atoms with Gasteiger partial charge < -0.3 is 4.90 Å². The lowest BCUT2D eigenvalue weighted by Gasteiger charge is -2.37. The first-order valence-electron chi connectivity index (χ1n) is 11.9. The molecule has 2 aromatic carbocycles. The normalized spacial score (nSPS) is 23.0. The van der Waals surface area contributed by atoms with Gasteiger partial charge in [0.05, 0.1) is 10.9 Å². The summed E-state index contributed by atoms with van der Waals surface area (Å²) in [6.45, 7) is 0. The molecule has 7 rings (SSSR count). The number of ketones is 3. The number of carbonyl (C=O) groups is 3. The summed E-state index contributed by atoms with van der Waals surface area (Å²) < 4.78 is 0. The number of hydrogen-bond donors (Lipinski definition) is 0. The van der Waals surface area contributed by atoms with Crippen molar-refractivity contribution in [2.24, 2.45) is 5.41 Å². The molecule has 4 heterocycles. The Hall–Kier alpha value is -4.16. The van der Waals surface area contributed by atoms with Crippen molar-refractivity contribution >= 4 is 40.4 Å². The van der Waals surface area contributed by atoms with Gasteiger partial charge in [0.1, 0.15) is 11.5 Å². The van der Waals surface area contributed by atoms with Crippen LogP contribution < -0.4 is 4.90 Å². The number of anilines is 1. The van der Waals surface area contributed by atoms with E-state index >= 15 is 0 Å². The summed E-state index contributed by atoms with van der Waals surface area (Å²) in [5.74, 6) is -1.26. The van der Waals surface area contributed by atoms with Gasteiger partial charge >= 0.3 is 0 Å². The molecule has 5 nitrogen and oxygen atoms in total. The first-order valence-corrected chi connectivity index (χ1v) is 12.7. The van der Waals surface area contributed by atoms with Gasteiger partial charge in [0.2, 0.25) is 0 Å². The summed E-state index contributed by atoms with van der Waals surface area (Å²) >= 11 is 1.38. The van der Waals surface area contributed by atoms with Crippen LogP contribution in [0.5, 0.6) is 0 Å². The van der Waals surface area contributed by atoms with Crippen LogP contribution in [0.2, 0.25) is 0 Å². The van der Waals surface area contributed by atoms with Gasteiger partial charge in [-0.2, -0.15) is 0 Å². The second kappa shape index (κ2) is 7.67. The standard InChI is InChI=1S/C30H20N2O3S/c33-27(23-12-6-16-36-23)26-25(19-8-5-15-31-17-19)30(28(34)20-9-2-3-10-21(20)29(30)35)24-14-13-18-7-1-4-11-22(18)32(24)26/h1-17,24-26H/t24-,25+,26-/m1/s1. The molecule has 0 radical (unpaired) electrons. The Morgan fingerprint density at radius 1 is 0.889 bits per heavy atom. The van der Waals surface area contributed by atoms with Gasteiger partial charge in [-0.05, 0) is 34.7 Å². The zero-order valence-corrected chi connectivity index (χ0v) is 19.9. The second-order valence-electron chi connectivity index (χ2n) is 9.39. The van der Waals surface area contributed by atoms with Crippen molar-refractivity contribution in [1.29, 1.82) is 0 Å². The molecule has 0 unspecified atom stereocenters. The Kier molecular flexibility index (Phi) is 4.51. The average molecular weight is 489 g/mol. The van der Waals surface area contributed by atoms with Gasteiger partial charge in [-0.25, -0.2) is 0 Å². The van der Waals surface area contributed by atoms with Crippen molar-refractivity contribution in [3.05, 3.63) is 124 Å². The van der Waals surface area contributed by atoms with E-state index in [2.05, 4.69) is 4.98 Å². The molecule has 2 aliphatic heterocycles. The summed E-state index contributed by atoms with van der Waals surface area (Å²) in [6, 6.07) is 20.8. The lowest BCUT2D eigenvalue weighted by Crippen LogP contribution is -2.48. The largest absolute Gasteiger partial charge is 0.352 e. The molecular weight excluding hydrogens is 468 g/mol. The van der Waals surface area contributed by atoms with Crippen LogP contribution in [-0.4, -0.2) is 34.4 Å². The van der Waals surface area contributed by atoms with Crippen LogP contribution in [0.3, 0.4) is 0 Å². The van der Waals surface area contributed by atoms with Gasteiger partial charge in [0.15, 0.2) is 17.3 Å². The van der Waals surface area contributed by atoms with E-state index < -0.39 is 23.4 Å². The number of pyridine rings is 1. The quantitative estimate of drug-likeness (QED) is 0.283. The molecule has 0 saturated carbocycles. The van der Waals surface area contributed by atoms with Crippen LogP contribution in [0.1, 0.15) is 47.4 Å². The number of carbonyl (C=O) groups excluding carboxylic acids is 3. The van der Waals surface area contributed by atoms with Crippen LogP contribution in [0, 0.1) is 5.41 Å². The number of para-hydroxylation sites is 1. The van der Waals surface area contributed by atoms with Gasteiger partial charge in [-0.1, -0.05) is 66.7 Å². The third-order valence-electron chi connectivity index (χ3n) is 7.79. The Balaban J connectivity index is 1.56. The smallest absolute Gasteiger partial charge is 0.195 e. The van der Waals surface area contributed by atoms with E-state index in [1.54, 1.807) is 42.7 Å². The Morgan fingerprint density at radius 3 is 2.33 bits per heavy atom. The predicted molar refractivity (Wildman–Crippen MR) is 139 cm³/mol. The predicted octanol–water partition coefficient (Wildman–Crippen LogP) is 5.46. The molecule has 1 fully saturated rings. The lowest BCUT2D eigenvalue weighted by molar-refractivity contribution is 0.0666. The fraction of sp³-hybridized carbons (Fsp3) is 0.133. The SMILES string of the molecule is O=C(c1cccs1)[C@H]1[C@H](c2cccnc2)C2(C(=O)c3ccccc3C2=O)[C@H]2C=Cc3ccccc3N12. The monoisotopic (exact) mass is 488 g/mol. The highest BCUT2D eigenvalue weighted by Gasteiger charge is 2.71. The third-order valence-corrected chi connectivity index (χ3v) is 8.67. The van der Waals surface area contributed by atoms with Crippen LogP contribution in [0.4, 0.5) is 5.69 Å². The molecule has 0 bridgehead atoms. The summed E-state index contributed by atoms with van der Waals surface area (Å²) in [6.07, 6.45) is 7.27. The highest BCUT2D eigenvalue weighted by molar-refractivity contribution is 7.12. The molecule has 6 heteroatoms. The summed E-state index contributed by atoms with van der Waals surface area (Å²) in [4.78, 5) is 50.1. The number of aromatic nitrogens is 1. The van der Waals surface area contributed by atoms with Crippen LogP contribution in [0.15, 0.2) is 96.6 Å². The Morgan fingerprint density at radius 2 is 1.64 bits per heavy atom. The summed E-state index contributed by atoms with van der Waals surface area (Å²) in [7, 11) is 0. The molecule has 174 valence electrons. The van der Waals surface area contributed by atoms with Gasteiger partial charge in [0, 0.05) is 35.1 Å². The Bertz CT molecular complexity index is 1540. The molecule has 36 heavy (non-hydrogen) atoms. The fourth-order valence-electron chi connectivity index (χ4n) is 6.41. The first-order chi connectivity index (χ1) is 17.6. The Labute approximate surface area is 211 Å². The minimum atomic E-state index is -1.48. The molecule has 3 aliphatic rings. The topological polar surface area (TPSA) is 67.3 Å². The molecule has 2 aromatic heterocycles. The molecule has 0 N–H and O–H groups in total. The van der Waals surface area contributed by atoms with Crippen molar-refractivity contribution in [3.63, 3.8) is 0 Å². The molecule has 1 saturated heterocycles. The maximum absolute atomic E-state index is 14.4. The van der Waals surface area contributed by atoms with Crippen LogP contribution in [0.25, 0.3) is 6.08 Å². The molecule has 3 atom stereocenters. The van der Waals surface area contributed by atoms with E-state index in [1.165, 1.54) is 11.3 Å². The zero-order valence-electron chi connectivity index (χ0n) is 19.1. The van der Waals surface area contributed by atoms with Gasteiger partial charge in [0.25, 0.3) is 0 Å². The van der Waals surface area contributed by atoms with E-state index in [4.69, 9.17) is 0 Å². The summed E-state index contributed by atoms with van der Waals surface area (Å²) in [5.41, 5.74) is 1.88. The fourth-order valence-corrected chi connectivity index (χ4v) is 7.11. The van der Waals surface area contributed by atoms with Crippen molar-refractivity contribution in [1.82, 2.24) is 4.98 Å². The maximum Gasteiger partial charge on any atom is 0.195 e. The number of benzene rings is 2. The van der Waals surface area contributed by atoms with Gasteiger partial charge in [-0.15, -0.1) is 11.3 Å². The number of hydrogen-bond acceptors (Lipinski definition) is 6. The van der Waals surface area contributed by atoms with Gasteiger partial charge in [-0.3, -0.25) is 19.4 Å². The third kappa shape index (κ3) is 2.59. The molecule has 1 aliphatic carbocycles. The van der Waals surface area contributed by atoms with Crippen molar-refractivity contribution in [2.75, 3.05) is 4.90 Å². The van der Waals surface area contributed by atoms with Crippen molar-refractivity contribution < 1.29 is 14.4 Å². The highest BCUT2D eigenvalue weighted by atomic mass is 32.1. The minimum Gasteiger partial charge on any atom is -0.352 e. The lowest BCUT2D eigenvalue weighted by atomic mass is 9.64. The maximum atomic E-state index is 14.4. The molecule has 1 spiro atoms. The van der Waals surface area contributed by atoms with E-state index in [0.717, 1.165) is 11.3 Å². The van der Waals surface area contributed by atoms with E-state index in [0.29, 0.717) is 21.6 Å². The van der Waals surface area contributed by atoms with Crippen molar-refractivity contribution in [2.45, 2.75) is 18.0 Å². The van der Waals surface area contributed by atoms with Crippen LogP contribution >= 0.6 is 11.3 Å². The number of thiophene rings is 1. The second-order valence-corrected chi connectivity index (χ2v) is 10.3. The number of fused-ring (bicyclic) bond motifs is 5. The van der Waals surface area contributed by atoms with E-state index in [-0.39, 0.29) is 17.3 Å². The van der Waals surface area contributed by atoms with Crippen molar-refractivity contribution in [3.8, 4) is 0 Å². The van der Waals surface area contributed by atoms with Crippen LogP contribution in [-0.2, 0) is 0 Å². The number of nitrogens with zero attached hydrogens (tertiary/aromatic N) is 2. The molecular formula is C30H20N2O3S. The summed E-state index contributed by atoms with van der Waals surface area (Å²) in [5, 5.41) is 1.88. The highest BCUT2D eigenvalue weighted by Crippen LogP contribution is 2.60. The van der Waals surface area contributed by atoms with E-state index in [9.17, 15) is 14.4 Å². The minimum absolute atomic E-state index is 0.0950.